The molecule has 1 amide bonds. The maximum atomic E-state index is 13.1. The van der Waals surface area contributed by atoms with Crippen LogP contribution in [0.4, 0.5) is 5.69 Å². The number of benzene rings is 2. The molecule has 1 atom stereocenters. The Hall–Kier alpha value is -3.32. The molecule has 0 aliphatic carbocycles. The number of fused-ring (bicyclic) bond motifs is 1. The molecule has 2 heterocycles. The van der Waals surface area contributed by atoms with Crippen LogP contribution in [0, 0.1) is 0 Å². The zero-order chi connectivity index (χ0) is 19.7. The van der Waals surface area contributed by atoms with E-state index in [1.54, 1.807) is 54.6 Å². The Morgan fingerprint density at radius 2 is 1.93 bits per heavy atom. The number of carbonyl (C=O) groups is 2. The van der Waals surface area contributed by atoms with Gasteiger partial charge in [0.05, 0.1) is 19.3 Å². The lowest BCUT2D eigenvalue weighted by Gasteiger charge is -2.33. The Kier molecular flexibility index (Phi) is 4.75. The lowest BCUT2D eigenvalue weighted by Crippen LogP contribution is -2.47. The van der Waals surface area contributed by atoms with Crippen molar-refractivity contribution in [1.29, 1.82) is 0 Å². The quantitative estimate of drug-likeness (QED) is 0.627. The van der Waals surface area contributed by atoms with Crippen LogP contribution in [-0.2, 0) is 9.53 Å². The van der Waals surface area contributed by atoms with E-state index in [-0.39, 0.29) is 12.2 Å². The Morgan fingerprint density at radius 3 is 2.68 bits per heavy atom. The number of hydrogen-bond donors (Lipinski definition) is 0. The lowest BCUT2D eigenvalue weighted by molar-refractivity contribution is -0.148. The first-order valence-corrected chi connectivity index (χ1v) is 8.82. The molecule has 0 N–H and O–H groups in total. The van der Waals surface area contributed by atoms with Crippen LogP contribution in [0.5, 0.6) is 5.75 Å². The predicted molar refractivity (Wildman–Crippen MR) is 101 cm³/mol. The van der Waals surface area contributed by atoms with Crippen molar-refractivity contribution in [2.75, 3.05) is 18.6 Å². The van der Waals surface area contributed by atoms with Crippen LogP contribution >= 0.6 is 11.6 Å². The number of ether oxygens (including phenoxy) is 2. The highest BCUT2D eigenvalue weighted by atomic mass is 35.5. The summed E-state index contributed by atoms with van der Waals surface area (Å²) >= 11 is 5.90. The number of halogens is 1. The Morgan fingerprint density at radius 1 is 1.18 bits per heavy atom. The van der Waals surface area contributed by atoms with Crippen molar-refractivity contribution >= 4 is 29.2 Å². The second-order valence-corrected chi connectivity index (χ2v) is 6.53. The van der Waals surface area contributed by atoms with E-state index in [9.17, 15) is 9.59 Å². The van der Waals surface area contributed by atoms with Crippen LogP contribution in [0.2, 0.25) is 5.02 Å². The van der Waals surface area contributed by atoms with E-state index >= 15 is 0 Å². The summed E-state index contributed by atoms with van der Waals surface area (Å²) in [6, 6.07) is 15.5. The molecular formula is C20H15ClN2O5. The molecular weight excluding hydrogens is 384 g/mol. The van der Waals surface area contributed by atoms with Crippen molar-refractivity contribution in [3.63, 3.8) is 0 Å². The summed E-state index contributed by atoms with van der Waals surface area (Å²) in [7, 11) is 1.27. The third-order valence-corrected chi connectivity index (χ3v) is 4.59. The fourth-order valence-electron chi connectivity index (χ4n) is 2.95. The summed E-state index contributed by atoms with van der Waals surface area (Å²) in [4.78, 5) is 26.5. The minimum absolute atomic E-state index is 0.00561. The Labute approximate surface area is 165 Å². The summed E-state index contributed by atoms with van der Waals surface area (Å²) < 4.78 is 15.7. The number of anilines is 1. The number of carbonyl (C=O) groups excluding carboxylic acids is 2. The van der Waals surface area contributed by atoms with Crippen molar-refractivity contribution in [2.45, 2.75) is 6.10 Å². The van der Waals surface area contributed by atoms with Gasteiger partial charge >= 0.3 is 5.97 Å². The van der Waals surface area contributed by atoms with Gasteiger partial charge in [0.25, 0.3) is 5.91 Å². The topological polar surface area (TPSA) is 81.9 Å². The number of nitrogens with zero attached hydrogens (tertiary/aromatic N) is 2. The van der Waals surface area contributed by atoms with Crippen LogP contribution in [0.1, 0.15) is 10.5 Å². The molecule has 28 heavy (non-hydrogen) atoms. The highest BCUT2D eigenvalue weighted by Gasteiger charge is 2.35. The summed E-state index contributed by atoms with van der Waals surface area (Å²) in [5.41, 5.74) is 1.40. The molecule has 0 spiro atoms. The average molecular weight is 399 g/mol. The molecule has 2 aromatic carbocycles. The van der Waals surface area contributed by atoms with Crippen molar-refractivity contribution in [2.24, 2.45) is 0 Å². The zero-order valence-electron chi connectivity index (χ0n) is 14.8. The standard InChI is InChI=1S/C20H15ClN2O5/c1-26-20(25)18-11-23(15-4-2-3-5-16(15)27-18)19(24)14-10-17(28-22-14)12-6-8-13(21)9-7-12/h2-10,18H,11H2,1H3. The van der Waals surface area contributed by atoms with E-state index in [0.717, 1.165) is 5.56 Å². The molecule has 0 saturated heterocycles. The first kappa shape index (κ1) is 18.1. The summed E-state index contributed by atoms with van der Waals surface area (Å²) in [5.74, 6) is -0.118. The van der Waals surface area contributed by atoms with Gasteiger partial charge in [0.2, 0.25) is 6.10 Å². The van der Waals surface area contributed by atoms with Crippen LogP contribution in [0.15, 0.2) is 59.1 Å². The molecule has 1 aromatic heterocycles. The van der Waals surface area contributed by atoms with Crippen LogP contribution in [0.25, 0.3) is 11.3 Å². The summed E-state index contributed by atoms with van der Waals surface area (Å²) in [5, 5.41) is 4.49. The molecule has 0 saturated carbocycles. The van der Waals surface area contributed by atoms with Crippen LogP contribution in [-0.4, -0.2) is 36.8 Å². The van der Waals surface area contributed by atoms with Gasteiger partial charge in [-0.2, -0.15) is 0 Å². The van der Waals surface area contributed by atoms with E-state index in [2.05, 4.69) is 5.16 Å². The van der Waals surface area contributed by atoms with Crippen molar-refractivity contribution in [1.82, 2.24) is 5.16 Å². The van der Waals surface area contributed by atoms with Gasteiger partial charge in [-0.1, -0.05) is 28.9 Å². The molecule has 0 fully saturated rings. The maximum absolute atomic E-state index is 13.1. The molecule has 0 bridgehead atoms. The Bertz CT molecular complexity index is 1030. The minimum atomic E-state index is -0.925. The number of aromatic nitrogens is 1. The molecule has 0 radical (unpaired) electrons. The molecule has 1 aliphatic rings. The second kappa shape index (κ2) is 7.36. The maximum Gasteiger partial charge on any atom is 0.348 e. The first-order chi connectivity index (χ1) is 13.6. The molecule has 8 heteroatoms. The third-order valence-electron chi connectivity index (χ3n) is 4.34. The fraction of sp³-hybridized carbons (Fsp3) is 0.150. The van der Waals surface area contributed by atoms with Crippen molar-refractivity contribution in [3.05, 3.63) is 65.3 Å². The summed E-state index contributed by atoms with van der Waals surface area (Å²) in [6.45, 7) is 0.00561. The van der Waals surface area contributed by atoms with E-state index in [1.807, 2.05) is 0 Å². The predicted octanol–water partition coefficient (Wildman–Crippen LogP) is 3.58. The van der Waals surface area contributed by atoms with Gasteiger partial charge in [-0.3, -0.25) is 9.69 Å². The van der Waals surface area contributed by atoms with Crippen molar-refractivity contribution in [3.8, 4) is 17.1 Å². The SMILES string of the molecule is COC(=O)C1CN(C(=O)c2cc(-c3ccc(Cl)cc3)on2)c2ccccc2O1. The first-order valence-electron chi connectivity index (χ1n) is 8.45. The largest absolute Gasteiger partial charge is 0.475 e. The van der Waals surface area contributed by atoms with E-state index in [4.69, 9.17) is 25.6 Å². The molecule has 4 rings (SSSR count). The molecule has 1 aliphatic heterocycles. The molecule has 3 aromatic rings. The smallest absolute Gasteiger partial charge is 0.348 e. The van der Waals surface area contributed by atoms with Gasteiger partial charge in [0.15, 0.2) is 11.5 Å². The minimum Gasteiger partial charge on any atom is -0.475 e. The zero-order valence-corrected chi connectivity index (χ0v) is 15.6. The number of esters is 1. The monoisotopic (exact) mass is 398 g/mol. The second-order valence-electron chi connectivity index (χ2n) is 6.10. The third kappa shape index (κ3) is 3.32. The normalized spacial score (nSPS) is 15.5. The summed E-state index contributed by atoms with van der Waals surface area (Å²) in [6.07, 6.45) is -0.925. The van der Waals surface area contributed by atoms with Gasteiger partial charge in [-0.15, -0.1) is 0 Å². The van der Waals surface area contributed by atoms with Crippen molar-refractivity contribution < 1.29 is 23.6 Å². The molecule has 7 nitrogen and oxygen atoms in total. The van der Waals surface area contributed by atoms with E-state index in [1.165, 1.54) is 12.0 Å². The fourth-order valence-corrected chi connectivity index (χ4v) is 3.07. The van der Waals surface area contributed by atoms with E-state index < -0.39 is 18.0 Å². The highest BCUT2D eigenvalue weighted by molar-refractivity contribution is 6.30. The van der Waals surface area contributed by atoms with Gasteiger partial charge in [-0.05, 0) is 36.4 Å². The highest BCUT2D eigenvalue weighted by Crippen LogP contribution is 2.34. The molecule has 142 valence electrons. The molecule has 1 unspecified atom stereocenters. The number of hydrogen-bond acceptors (Lipinski definition) is 6. The van der Waals surface area contributed by atoms with Gasteiger partial charge in [0.1, 0.15) is 5.75 Å². The number of para-hydroxylation sites is 2. The van der Waals surface area contributed by atoms with Crippen LogP contribution < -0.4 is 9.64 Å². The number of rotatable bonds is 3. The Balaban J connectivity index is 1.65. The van der Waals surface area contributed by atoms with Gasteiger partial charge in [0, 0.05) is 16.7 Å². The van der Waals surface area contributed by atoms with E-state index in [0.29, 0.717) is 22.2 Å². The van der Waals surface area contributed by atoms with Gasteiger partial charge in [-0.25, -0.2) is 4.79 Å². The number of amides is 1. The average Bonchev–Trinajstić information content (AvgIpc) is 3.22. The van der Waals surface area contributed by atoms with Gasteiger partial charge < -0.3 is 14.0 Å². The number of methoxy groups -OCH3 is 1. The van der Waals surface area contributed by atoms with Crippen LogP contribution in [0.3, 0.4) is 0 Å². The lowest BCUT2D eigenvalue weighted by atomic mass is 10.1.